The number of nitrogens with one attached hydrogen (secondary N) is 2. The molecule has 0 saturated heterocycles. The normalized spacial score (nSPS) is 14.3. The Bertz CT molecular complexity index is 622. The van der Waals surface area contributed by atoms with Gasteiger partial charge in [-0.05, 0) is 17.7 Å². The summed E-state index contributed by atoms with van der Waals surface area (Å²) in [6.45, 7) is 0. The highest BCUT2D eigenvalue weighted by Gasteiger charge is 2.48. The Kier molecular flexibility index (Phi) is 3.22. The summed E-state index contributed by atoms with van der Waals surface area (Å²) in [4.78, 5) is 14.0. The highest BCUT2D eigenvalue weighted by atomic mass is 79.9. The average Bonchev–Trinajstić information content (AvgIpc) is 2.66. The molecule has 0 aliphatic carbocycles. The molecule has 3 nitrogen and oxygen atoms in total. The van der Waals surface area contributed by atoms with E-state index >= 15 is 0 Å². The maximum Gasteiger partial charge on any atom is 0.323 e. The van der Waals surface area contributed by atoms with Crippen LogP contribution in [0, 0.1) is 0 Å². The minimum Gasteiger partial charge on any atom is -0.306 e. The summed E-state index contributed by atoms with van der Waals surface area (Å²) in [6, 6.07) is 3.85. The zero-order valence-electron chi connectivity index (χ0n) is 8.68. The van der Waals surface area contributed by atoms with Crippen LogP contribution < -0.4 is 5.69 Å². The van der Waals surface area contributed by atoms with Gasteiger partial charge in [0.05, 0.1) is 11.0 Å². The van der Waals surface area contributed by atoms with Gasteiger partial charge >= 0.3 is 18.0 Å². The quantitative estimate of drug-likeness (QED) is 0.660. The summed E-state index contributed by atoms with van der Waals surface area (Å²) in [7, 11) is 0. The Morgan fingerprint density at radius 2 is 1.78 bits per heavy atom. The number of rotatable bonds is 3. The molecule has 2 N–H and O–H groups in total. The first-order valence-corrected chi connectivity index (χ1v) is 5.76. The van der Waals surface area contributed by atoms with Crippen LogP contribution in [-0.4, -0.2) is 22.3 Å². The van der Waals surface area contributed by atoms with Crippen LogP contribution in [0.4, 0.5) is 17.6 Å². The second-order valence-corrected chi connectivity index (χ2v) is 4.64. The van der Waals surface area contributed by atoms with Crippen LogP contribution in [0.5, 0.6) is 0 Å². The van der Waals surface area contributed by atoms with Gasteiger partial charge in [0.25, 0.3) is 0 Å². The Balaban J connectivity index is 2.44. The van der Waals surface area contributed by atoms with E-state index in [1.165, 1.54) is 18.2 Å². The molecule has 18 heavy (non-hydrogen) atoms. The van der Waals surface area contributed by atoms with Crippen molar-refractivity contribution in [1.29, 1.82) is 0 Å². The number of hydrogen-bond acceptors (Lipinski definition) is 1. The van der Waals surface area contributed by atoms with Crippen LogP contribution in [0.3, 0.4) is 0 Å². The second kappa shape index (κ2) is 4.42. The van der Waals surface area contributed by atoms with Crippen molar-refractivity contribution >= 4 is 27.0 Å². The molecule has 8 heteroatoms. The molecule has 0 amide bonds. The monoisotopic (exact) mass is 326 g/mol. The fraction of sp³-hybridized carbons (Fsp3) is 0.300. The van der Waals surface area contributed by atoms with Gasteiger partial charge in [-0.1, -0.05) is 22.0 Å². The summed E-state index contributed by atoms with van der Waals surface area (Å²) < 4.78 is 50.8. The van der Waals surface area contributed by atoms with Gasteiger partial charge in [0, 0.05) is 0 Å². The minimum atomic E-state index is -4.19. The van der Waals surface area contributed by atoms with Gasteiger partial charge in [-0.25, -0.2) is 13.6 Å². The number of aromatic amines is 2. The number of fused-ring (bicyclic) bond motifs is 1. The summed E-state index contributed by atoms with van der Waals surface area (Å²) in [5.41, 5.74) is 0.174. The third-order valence-electron chi connectivity index (χ3n) is 2.46. The lowest BCUT2D eigenvalue weighted by molar-refractivity contribution is -0.127. The van der Waals surface area contributed by atoms with Crippen LogP contribution >= 0.6 is 15.9 Å². The van der Waals surface area contributed by atoms with E-state index in [0.717, 1.165) is 0 Å². The molecule has 98 valence electrons. The SMILES string of the molecule is O=c1[nH]c2ccc(C(Br)C(F)(F)C(F)F)cc2[nH]1. The molecule has 0 bridgehead atoms. The Hall–Kier alpha value is -1.31. The molecule has 0 saturated carbocycles. The molecular formula is C10H7BrF4N2O. The fourth-order valence-electron chi connectivity index (χ4n) is 1.54. The minimum absolute atomic E-state index is 0.0388. The highest BCUT2D eigenvalue weighted by Crippen LogP contribution is 2.42. The van der Waals surface area contributed by atoms with Gasteiger partial charge in [0.2, 0.25) is 0 Å². The second-order valence-electron chi connectivity index (χ2n) is 3.72. The van der Waals surface area contributed by atoms with Gasteiger partial charge in [0.15, 0.2) is 0 Å². The molecule has 2 aromatic rings. The van der Waals surface area contributed by atoms with E-state index in [4.69, 9.17) is 0 Å². The smallest absolute Gasteiger partial charge is 0.306 e. The average molecular weight is 327 g/mol. The van der Waals surface area contributed by atoms with Crippen molar-refractivity contribution in [3.63, 3.8) is 0 Å². The van der Waals surface area contributed by atoms with Crippen LogP contribution in [0.15, 0.2) is 23.0 Å². The lowest BCUT2D eigenvalue weighted by Crippen LogP contribution is -2.31. The summed E-state index contributed by atoms with van der Waals surface area (Å²) in [5, 5.41) is 0. The van der Waals surface area contributed by atoms with E-state index in [1.807, 2.05) is 0 Å². The van der Waals surface area contributed by atoms with E-state index < -0.39 is 22.9 Å². The lowest BCUT2D eigenvalue weighted by atomic mass is 10.1. The van der Waals surface area contributed by atoms with E-state index in [1.54, 1.807) is 0 Å². The van der Waals surface area contributed by atoms with Crippen molar-refractivity contribution in [2.24, 2.45) is 0 Å². The standard InChI is InChI=1S/C10H7BrF4N2O/c11-7(10(14,15)8(12)13)4-1-2-5-6(3-4)17-9(18)16-5/h1-3,7-8H,(H2,16,17,18). The molecule has 0 radical (unpaired) electrons. The lowest BCUT2D eigenvalue weighted by Gasteiger charge is -2.21. The van der Waals surface area contributed by atoms with Crippen molar-refractivity contribution in [2.75, 3.05) is 0 Å². The van der Waals surface area contributed by atoms with E-state index in [-0.39, 0.29) is 11.1 Å². The van der Waals surface area contributed by atoms with Crippen LogP contribution in [0.2, 0.25) is 0 Å². The van der Waals surface area contributed by atoms with E-state index in [0.29, 0.717) is 5.52 Å². The third-order valence-corrected chi connectivity index (χ3v) is 3.60. The molecular weight excluding hydrogens is 320 g/mol. The molecule has 0 aliphatic heterocycles. The van der Waals surface area contributed by atoms with E-state index in [9.17, 15) is 22.4 Å². The van der Waals surface area contributed by atoms with Crippen molar-refractivity contribution in [1.82, 2.24) is 9.97 Å². The van der Waals surface area contributed by atoms with Crippen molar-refractivity contribution < 1.29 is 17.6 Å². The zero-order valence-corrected chi connectivity index (χ0v) is 10.3. The summed E-state index contributed by atoms with van der Waals surface area (Å²) in [5.74, 6) is -4.19. The molecule has 0 spiro atoms. The number of aromatic nitrogens is 2. The molecule has 1 aromatic carbocycles. The first-order chi connectivity index (χ1) is 8.32. The molecule has 2 rings (SSSR count). The number of alkyl halides is 5. The van der Waals surface area contributed by atoms with Crippen LogP contribution in [0.1, 0.15) is 10.4 Å². The van der Waals surface area contributed by atoms with Crippen molar-refractivity contribution in [3.05, 3.63) is 34.2 Å². The number of benzene rings is 1. The predicted molar refractivity (Wildman–Crippen MR) is 61.5 cm³/mol. The van der Waals surface area contributed by atoms with Gasteiger partial charge in [0.1, 0.15) is 4.83 Å². The fourth-order valence-corrected chi connectivity index (χ4v) is 2.03. The summed E-state index contributed by atoms with van der Waals surface area (Å²) >= 11 is 2.57. The van der Waals surface area contributed by atoms with Crippen molar-refractivity contribution in [2.45, 2.75) is 17.2 Å². The van der Waals surface area contributed by atoms with Gasteiger partial charge in [-0.15, -0.1) is 0 Å². The molecule has 1 aromatic heterocycles. The zero-order chi connectivity index (χ0) is 13.5. The molecule has 1 heterocycles. The number of hydrogen-bond donors (Lipinski definition) is 2. The third kappa shape index (κ3) is 2.16. The first kappa shape index (κ1) is 13.1. The predicted octanol–water partition coefficient (Wildman–Crippen LogP) is 3.19. The van der Waals surface area contributed by atoms with Gasteiger partial charge in [-0.2, -0.15) is 8.78 Å². The number of H-pyrrole nitrogens is 2. The first-order valence-electron chi connectivity index (χ1n) is 4.84. The number of halogens is 5. The largest absolute Gasteiger partial charge is 0.323 e. The molecule has 1 unspecified atom stereocenters. The Morgan fingerprint density at radius 3 is 2.39 bits per heavy atom. The van der Waals surface area contributed by atoms with Gasteiger partial charge < -0.3 is 9.97 Å². The van der Waals surface area contributed by atoms with Crippen LogP contribution in [-0.2, 0) is 0 Å². The maximum absolute atomic E-state index is 13.2. The molecule has 0 aliphatic rings. The highest BCUT2D eigenvalue weighted by molar-refractivity contribution is 9.09. The maximum atomic E-state index is 13.2. The molecule has 0 fully saturated rings. The van der Waals surface area contributed by atoms with E-state index in [2.05, 4.69) is 25.9 Å². The Morgan fingerprint density at radius 1 is 1.17 bits per heavy atom. The van der Waals surface area contributed by atoms with Crippen molar-refractivity contribution in [3.8, 4) is 0 Å². The topological polar surface area (TPSA) is 48.6 Å². The van der Waals surface area contributed by atoms with Gasteiger partial charge in [-0.3, -0.25) is 0 Å². The Labute approximate surface area is 106 Å². The van der Waals surface area contributed by atoms with Crippen LogP contribution in [0.25, 0.3) is 11.0 Å². The number of imidazole rings is 1. The molecule has 1 atom stereocenters. The summed E-state index contributed by atoms with van der Waals surface area (Å²) in [6.07, 6.45) is -3.78.